The van der Waals surface area contributed by atoms with Gasteiger partial charge in [-0.2, -0.15) is 0 Å². The van der Waals surface area contributed by atoms with Crippen LogP contribution in [0.1, 0.15) is 36.4 Å². The Morgan fingerprint density at radius 2 is 1.10 bits per heavy atom. The molecular formula is C44H36N6. The fraction of sp³-hybridized carbons (Fsp3) is 0.0909. The van der Waals surface area contributed by atoms with Crippen molar-refractivity contribution in [3.05, 3.63) is 169 Å². The van der Waals surface area contributed by atoms with Gasteiger partial charge in [0.15, 0.2) is 17.5 Å². The second-order valence-corrected chi connectivity index (χ2v) is 12.3. The van der Waals surface area contributed by atoms with E-state index in [0.717, 1.165) is 72.6 Å². The Morgan fingerprint density at radius 3 is 1.72 bits per heavy atom. The molecule has 7 aromatic rings. The molecule has 6 heteroatoms. The van der Waals surface area contributed by atoms with Crippen molar-refractivity contribution in [2.75, 3.05) is 0 Å². The predicted molar refractivity (Wildman–Crippen MR) is 204 cm³/mol. The first-order chi connectivity index (χ1) is 24.4. The Hall–Kier alpha value is -6.40. The summed E-state index contributed by atoms with van der Waals surface area (Å²) in [5.41, 5.74) is 13.5. The van der Waals surface area contributed by atoms with Crippen molar-refractivity contribution in [3.63, 3.8) is 0 Å². The Kier molecular flexibility index (Phi) is 9.25. The van der Waals surface area contributed by atoms with Gasteiger partial charge in [-0.05, 0) is 103 Å². The van der Waals surface area contributed by atoms with Crippen LogP contribution in [0.3, 0.4) is 0 Å². The van der Waals surface area contributed by atoms with E-state index in [2.05, 4.69) is 90.3 Å². The van der Waals surface area contributed by atoms with Crippen molar-refractivity contribution in [2.45, 2.75) is 27.7 Å². The molecule has 242 valence electrons. The van der Waals surface area contributed by atoms with Crippen molar-refractivity contribution in [3.8, 4) is 56.4 Å². The van der Waals surface area contributed by atoms with E-state index in [-0.39, 0.29) is 0 Å². The normalized spacial score (nSPS) is 11.8. The summed E-state index contributed by atoms with van der Waals surface area (Å²) in [4.78, 5) is 28.0. The number of benzene rings is 4. The van der Waals surface area contributed by atoms with Gasteiger partial charge < -0.3 is 0 Å². The molecule has 0 amide bonds. The molecule has 0 unspecified atom stereocenters. The first kappa shape index (κ1) is 32.2. The average Bonchev–Trinajstić information content (AvgIpc) is 3.18. The smallest absolute Gasteiger partial charge is 0.164 e. The maximum Gasteiger partial charge on any atom is 0.164 e. The average molecular weight is 649 g/mol. The van der Waals surface area contributed by atoms with Gasteiger partial charge in [0.05, 0.1) is 5.69 Å². The molecule has 3 heterocycles. The lowest BCUT2D eigenvalue weighted by Crippen LogP contribution is -2.02. The minimum atomic E-state index is 0.627. The SMILES string of the molecule is C/C(=C\C=C(/C)c1ccncn1)c1cc(-c2ccc(-c3ccnc(C)c3)cc2)c(C)c(-c2nc(-c3ccccc3)nc(-c3ccccc3)n2)c1. The third kappa shape index (κ3) is 7.05. The summed E-state index contributed by atoms with van der Waals surface area (Å²) in [6, 6.07) is 39.5. The topological polar surface area (TPSA) is 77.3 Å². The minimum Gasteiger partial charge on any atom is -0.262 e. The molecule has 0 bridgehead atoms. The number of nitrogens with zero attached hydrogens (tertiary/aromatic N) is 6. The number of pyridine rings is 1. The molecule has 50 heavy (non-hydrogen) atoms. The summed E-state index contributed by atoms with van der Waals surface area (Å²) in [5.74, 6) is 1.89. The molecular weight excluding hydrogens is 613 g/mol. The van der Waals surface area contributed by atoms with Crippen LogP contribution >= 0.6 is 0 Å². The number of aromatic nitrogens is 6. The quantitative estimate of drug-likeness (QED) is 0.153. The van der Waals surface area contributed by atoms with E-state index in [4.69, 9.17) is 15.0 Å². The van der Waals surface area contributed by atoms with E-state index in [1.165, 1.54) is 0 Å². The molecule has 4 aromatic carbocycles. The molecule has 0 atom stereocenters. The molecule has 0 spiro atoms. The zero-order valence-electron chi connectivity index (χ0n) is 28.5. The van der Waals surface area contributed by atoms with Crippen LogP contribution in [0.5, 0.6) is 0 Å². The Bertz CT molecular complexity index is 2270. The van der Waals surface area contributed by atoms with Gasteiger partial charge in [0.25, 0.3) is 0 Å². The van der Waals surface area contributed by atoms with E-state index in [1.54, 1.807) is 12.5 Å². The Labute approximate surface area is 293 Å². The van der Waals surface area contributed by atoms with Crippen molar-refractivity contribution in [1.82, 2.24) is 29.9 Å². The standard InChI is InChI=1S/C44H36N6/c1-29(15-16-30(2)41-22-23-45-28-47-41)38-26-39(34-19-17-33(18-20-34)37-21-24-46-31(3)25-37)32(4)40(27-38)44-49-42(35-11-7-5-8-12-35)48-43(50-44)36-13-9-6-10-14-36/h5-28H,1-4H3/b29-15+,30-16+. The second kappa shape index (κ2) is 14.4. The van der Waals surface area contributed by atoms with Crippen LogP contribution in [0.2, 0.25) is 0 Å². The van der Waals surface area contributed by atoms with Crippen LogP contribution in [0, 0.1) is 13.8 Å². The Morgan fingerprint density at radius 1 is 0.500 bits per heavy atom. The monoisotopic (exact) mass is 648 g/mol. The highest BCUT2D eigenvalue weighted by Crippen LogP contribution is 2.36. The van der Waals surface area contributed by atoms with Gasteiger partial charge in [-0.25, -0.2) is 24.9 Å². The molecule has 3 aromatic heterocycles. The molecule has 0 radical (unpaired) electrons. The maximum absolute atomic E-state index is 5.10. The number of aryl methyl sites for hydroxylation is 1. The van der Waals surface area contributed by atoms with Crippen molar-refractivity contribution >= 4 is 11.1 Å². The van der Waals surface area contributed by atoms with Crippen LogP contribution in [-0.2, 0) is 0 Å². The van der Waals surface area contributed by atoms with Gasteiger partial charge >= 0.3 is 0 Å². The highest BCUT2D eigenvalue weighted by molar-refractivity contribution is 5.84. The van der Waals surface area contributed by atoms with Gasteiger partial charge in [0, 0.05) is 34.8 Å². The third-order valence-corrected chi connectivity index (χ3v) is 8.80. The first-order valence-corrected chi connectivity index (χ1v) is 16.6. The fourth-order valence-corrected chi connectivity index (χ4v) is 5.93. The zero-order chi connectivity index (χ0) is 34.5. The lowest BCUT2D eigenvalue weighted by Gasteiger charge is -2.16. The van der Waals surface area contributed by atoms with Crippen LogP contribution in [-0.4, -0.2) is 29.9 Å². The summed E-state index contributed by atoms with van der Waals surface area (Å²) < 4.78 is 0. The lowest BCUT2D eigenvalue weighted by atomic mass is 9.90. The summed E-state index contributed by atoms with van der Waals surface area (Å²) in [6.45, 7) is 8.36. The molecule has 0 aliphatic heterocycles. The summed E-state index contributed by atoms with van der Waals surface area (Å²) >= 11 is 0. The second-order valence-electron chi connectivity index (χ2n) is 12.3. The van der Waals surface area contributed by atoms with Gasteiger partial charge in [0.2, 0.25) is 0 Å². The fourth-order valence-electron chi connectivity index (χ4n) is 5.93. The first-order valence-electron chi connectivity index (χ1n) is 16.6. The molecule has 0 N–H and O–H groups in total. The maximum atomic E-state index is 5.10. The molecule has 0 fully saturated rings. The van der Waals surface area contributed by atoms with Gasteiger partial charge in [0.1, 0.15) is 6.33 Å². The summed E-state index contributed by atoms with van der Waals surface area (Å²) in [5, 5.41) is 0. The minimum absolute atomic E-state index is 0.627. The molecule has 6 nitrogen and oxygen atoms in total. The van der Waals surface area contributed by atoms with E-state index in [1.807, 2.05) is 85.9 Å². The highest BCUT2D eigenvalue weighted by Gasteiger charge is 2.18. The summed E-state index contributed by atoms with van der Waals surface area (Å²) in [7, 11) is 0. The largest absolute Gasteiger partial charge is 0.262 e. The van der Waals surface area contributed by atoms with E-state index >= 15 is 0 Å². The van der Waals surface area contributed by atoms with E-state index in [9.17, 15) is 0 Å². The third-order valence-electron chi connectivity index (χ3n) is 8.80. The van der Waals surface area contributed by atoms with Crippen LogP contribution in [0.25, 0.3) is 67.6 Å². The zero-order valence-corrected chi connectivity index (χ0v) is 28.5. The molecule has 0 saturated carbocycles. The van der Waals surface area contributed by atoms with E-state index < -0.39 is 0 Å². The van der Waals surface area contributed by atoms with Crippen molar-refractivity contribution < 1.29 is 0 Å². The molecule has 0 aliphatic carbocycles. The number of allylic oxidation sites excluding steroid dienone is 4. The number of hydrogen-bond donors (Lipinski definition) is 0. The van der Waals surface area contributed by atoms with Crippen LogP contribution in [0.15, 0.2) is 146 Å². The predicted octanol–water partition coefficient (Wildman–Crippen LogP) is 10.5. The van der Waals surface area contributed by atoms with Crippen LogP contribution in [0.4, 0.5) is 0 Å². The highest BCUT2D eigenvalue weighted by atomic mass is 15.0. The van der Waals surface area contributed by atoms with Crippen LogP contribution < -0.4 is 0 Å². The van der Waals surface area contributed by atoms with Gasteiger partial charge in [-0.1, -0.05) is 97.1 Å². The van der Waals surface area contributed by atoms with E-state index in [0.29, 0.717) is 17.5 Å². The Balaban J connectivity index is 1.40. The molecule has 7 rings (SSSR count). The van der Waals surface area contributed by atoms with Crippen molar-refractivity contribution in [2.24, 2.45) is 0 Å². The van der Waals surface area contributed by atoms with Gasteiger partial charge in [-0.15, -0.1) is 0 Å². The summed E-state index contributed by atoms with van der Waals surface area (Å²) in [6.07, 6.45) is 9.44. The number of rotatable bonds is 8. The molecule has 0 aliphatic rings. The van der Waals surface area contributed by atoms with Crippen molar-refractivity contribution in [1.29, 1.82) is 0 Å². The van der Waals surface area contributed by atoms with Gasteiger partial charge in [-0.3, -0.25) is 4.98 Å². The number of hydrogen-bond acceptors (Lipinski definition) is 6. The lowest BCUT2D eigenvalue weighted by molar-refractivity contribution is 1.07. The molecule has 0 saturated heterocycles.